The van der Waals surface area contributed by atoms with Gasteiger partial charge in [-0.25, -0.2) is 0 Å². The highest BCUT2D eigenvalue weighted by Crippen LogP contribution is 2.54. The Labute approximate surface area is 301 Å². The first-order valence-corrected chi connectivity index (χ1v) is 20.0. The lowest BCUT2D eigenvalue weighted by atomic mass is 9.79. The third-order valence-electron chi connectivity index (χ3n) is 14.1. The Morgan fingerprint density at radius 2 is 1.49 bits per heavy atom. The molecule has 11 nitrogen and oxygen atoms in total. The van der Waals surface area contributed by atoms with Crippen molar-refractivity contribution in [3.8, 4) is 0 Å². The van der Waals surface area contributed by atoms with Gasteiger partial charge in [-0.05, 0) is 73.8 Å². The average Bonchev–Trinajstić information content (AvgIpc) is 3.77. The molecular weight excluding hydrogens is 656 g/mol. The molecule has 0 amide bonds. The number of carbonyl (C=O) groups excluding carboxylic acids is 1. The number of hydrogen-bond donors (Lipinski definition) is 2. The highest BCUT2D eigenvalue weighted by Gasteiger charge is 2.68. The van der Waals surface area contributed by atoms with Crippen LogP contribution >= 0.6 is 0 Å². The lowest BCUT2D eigenvalue weighted by Crippen LogP contribution is -2.61. The molecule has 284 valence electrons. The summed E-state index contributed by atoms with van der Waals surface area (Å²) < 4.78 is 53.9. The number of Topliss-reactive ketones (excluding diaryl/α,β-unsaturated/α-hetero) is 1. The zero-order chi connectivity index (χ0) is 35.2. The van der Waals surface area contributed by atoms with E-state index >= 15 is 0 Å². The SMILES string of the molecule is C=C1C[C@@H]2CC[C@@]34C[C@H]5OC6[C@@H](O[C@H]7CC[C@H](CC(=O)C[C@@H]8[C@@H](C)[C@@H](C[C@H](O)CO)O[C@H]8C[C@H]8O[C@@H](CC[C@@H]1O2)C[C@@H](C)C8=C)O[C@@H]7[C@@H]6O3)[C@H]5O4. The fourth-order valence-corrected chi connectivity index (χ4v) is 11.3. The van der Waals surface area contributed by atoms with Gasteiger partial charge in [0.25, 0.3) is 0 Å². The monoisotopic (exact) mass is 714 g/mol. The molecule has 10 saturated heterocycles. The van der Waals surface area contributed by atoms with Crippen molar-refractivity contribution in [2.45, 2.75) is 195 Å². The normalized spacial score (nSPS) is 53.2. The third kappa shape index (κ3) is 6.53. The van der Waals surface area contributed by atoms with E-state index in [1.54, 1.807) is 0 Å². The van der Waals surface area contributed by atoms with Crippen molar-refractivity contribution in [1.29, 1.82) is 0 Å². The van der Waals surface area contributed by atoms with Gasteiger partial charge in [-0.2, -0.15) is 0 Å². The van der Waals surface area contributed by atoms with E-state index in [0.29, 0.717) is 44.4 Å². The van der Waals surface area contributed by atoms with Gasteiger partial charge in [-0.15, -0.1) is 0 Å². The maximum Gasteiger partial charge on any atom is 0.172 e. The van der Waals surface area contributed by atoms with Gasteiger partial charge < -0.3 is 48.1 Å². The predicted molar refractivity (Wildman–Crippen MR) is 183 cm³/mol. The fraction of sp³-hybridized carbons (Fsp3) is 0.875. The van der Waals surface area contributed by atoms with Crippen LogP contribution in [0.15, 0.2) is 24.3 Å². The Hall–Kier alpha value is -1.25. The molecule has 0 aromatic carbocycles. The van der Waals surface area contributed by atoms with Crippen LogP contribution in [0.1, 0.15) is 97.3 Å². The van der Waals surface area contributed by atoms with Crippen molar-refractivity contribution >= 4 is 5.78 Å². The van der Waals surface area contributed by atoms with Crippen molar-refractivity contribution in [2.75, 3.05) is 6.61 Å². The van der Waals surface area contributed by atoms with Crippen molar-refractivity contribution in [1.82, 2.24) is 0 Å². The number of fused-ring (bicyclic) bond motifs is 6. The molecule has 0 aromatic rings. The minimum atomic E-state index is -0.872. The van der Waals surface area contributed by atoms with Crippen LogP contribution in [-0.4, -0.2) is 120 Å². The van der Waals surface area contributed by atoms with Gasteiger partial charge in [0, 0.05) is 38.5 Å². The van der Waals surface area contributed by atoms with Gasteiger partial charge >= 0.3 is 0 Å². The maximum absolute atomic E-state index is 14.0. The molecule has 10 rings (SSSR count). The summed E-state index contributed by atoms with van der Waals surface area (Å²) in [5.74, 6) is -0.367. The second kappa shape index (κ2) is 13.8. The first kappa shape index (κ1) is 35.5. The molecule has 51 heavy (non-hydrogen) atoms. The number of aliphatic hydroxyl groups is 2. The smallest absolute Gasteiger partial charge is 0.172 e. The molecule has 10 aliphatic heterocycles. The zero-order valence-electron chi connectivity index (χ0n) is 30.3. The number of hydrogen-bond acceptors (Lipinski definition) is 11. The van der Waals surface area contributed by atoms with Crippen molar-refractivity contribution < 1.29 is 52.9 Å². The van der Waals surface area contributed by atoms with Gasteiger partial charge in [-0.3, -0.25) is 4.79 Å². The van der Waals surface area contributed by atoms with Crippen LogP contribution in [-0.2, 0) is 42.7 Å². The van der Waals surface area contributed by atoms with Crippen molar-refractivity contribution in [3.63, 3.8) is 0 Å². The minimum Gasteiger partial charge on any atom is -0.394 e. The van der Waals surface area contributed by atoms with E-state index in [1.165, 1.54) is 0 Å². The molecule has 0 saturated carbocycles. The van der Waals surface area contributed by atoms with Crippen molar-refractivity contribution in [3.05, 3.63) is 24.3 Å². The molecule has 0 aromatic heterocycles. The van der Waals surface area contributed by atoms with E-state index in [4.69, 9.17) is 37.9 Å². The number of rotatable bonds is 3. The molecule has 1 unspecified atom stereocenters. The molecular formula is C40H58O11. The minimum absolute atomic E-state index is 0.00894. The van der Waals surface area contributed by atoms with Gasteiger partial charge in [0.05, 0.1) is 67.6 Å². The van der Waals surface area contributed by atoms with E-state index < -0.39 is 11.9 Å². The van der Waals surface area contributed by atoms with Crippen LogP contribution in [0.25, 0.3) is 0 Å². The number of ketones is 1. The van der Waals surface area contributed by atoms with Crippen LogP contribution in [0.3, 0.4) is 0 Å². The molecule has 0 radical (unpaired) electrons. The van der Waals surface area contributed by atoms with Crippen LogP contribution in [0, 0.1) is 17.8 Å². The number of ether oxygens (including phenoxy) is 8. The van der Waals surface area contributed by atoms with Gasteiger partial charge in [0.15, 0.2) is 5.79 Å². The molecule has 11 heteroatoms. The van der Waals surface area contributed by atoms with E-state index in [9.17, 15) is 15.0 Å². The molecule has 19 atom stereocenters. The Bertz CT molecular complexity index is 1360. The Kier molecular flexibility index (Phi) is 9.59. The van der Waals surface area contributed by atoms with Crippen LogP contribution in [0.5, 0.6) is 0 Å². The summed E-state index contributed by atoms with van der Waals surface area (Å²) >= 11 is 0. The first-order valence-electron chi connectivity index (χ1n) is 20.0. The summed E-state index contributed by atoms with van der Waals surface area (Å²) in [5.41, 5.74) is 2.22. The molecule has 12 bridgehead atoms. The number of aliphatic hydroxyl groups excluding tert-OH is 2. The Morgan fingerprint density at radius 1 is 0.745 bits per heavy atom. The lowest BCUT2D eigenvalue weighted by molar-refractivity contribution is -0.292. The first-order chi connectivity index (χ1) is 24.6. The summed E-state index contributed by atoms with van der Waals surface area (Å²) in [6, 6.07) is 0. The quantitative estimate of drug-likeness (QED) is 0.410. The topological polar surface area (TPSA) is 131 Å². The predicted octanol–water partition coefficient (Wildman–Crippen LogP) is 4.09. The molecule has 2 N–H and O–H groups in total. The van der Waals surface area contributed by atoms with Gasteiger partial charge in [-0.1, -0.05) is 27.0 Å². The summed E-state index contributed by atoms with van der Waals surface area (Å²) in [7, 11) is 0. The third-order valence-corrected chi connectivity index (χ3v) is 14.1. The summed E-state index contributed by atoms with van der Waals surface area (Å²) in [6.07, 6.45) is 5.65. The van der Waals surface area contributed by atoms with E-state index in [1.807, 2.05) is 0 Å². The summed E-state index contributed by atoms with van der Waals surface area (Å²) in [6.45, 7) is 12.9. The Balaban J connectivity index is 0.986. The average molecular weight is 715 g/mol. The van der Waals surface area contributed by atoms with Crippen molar-refractivity contribution in [2.24, 2.45) is 17.8 Å². The fourth-order valence-electron chi connectivity index (χ4n) is 11.3. The molecule has 10 heterocycles. The number of carbonyl (C=O) groups is 1. The van der Waals surface area contributed by atoms with Gasteiger partial charge in [0.1, 0.15) is 36.3 Å². The molecule has 10 aliphatic rings. The molecule has 1 spiro atoms. The highest BCUT2D eigenvalue weighted by atomic mass is 16.8. The standard InChI is InChI=1S/C40H58O11/c1-19-11-25-5-7-29-20(2)12-27(44-29)9-10-40-17-34-36(50-40)37-38(49-34)39(51-40)35-30(48-37)8-6-26(46-35)13-23(42)14-28-22(4)31(15-24(43)18-41)47-33(28)16-32(45-25)21(19)3/h19,22,24-39,41,43H,2-3,5-18H2,1,4H3/t19-,22-,24+,25+,26-,27+,28-,29+,30+,31-,32-,33+,34-,35+,36+,37+,38?,39+,40+/m1/s1. The van der Waals surface area contributed by atoms with Crippen LogP contribution in [0.4, 0.5) is 0 Å². The lowest BCUT2D eigenvalue weighted by Gasteiger charge is -2.47. The second-order valence-corrected chi connectivity index (χ2v) is 17.5. The highest BCUT2D eigenvalue weighted by molar-refractivity contribution is 5.79. The summed E-state index contributed by atoms with van der Waals surface area (Å²) in [5, 5.41) is 20.0. The summed E-state index contributed by atoms with van der Waals surface area (Å²) in [4.78, 5) is 14.0. The second-order valence-electron chi connectivity index (χ2n) is 17.5. The van der Waals surface area contributed by atoms with E-state index in [2.05, 4.69) is 27.0 Å². The Morgan fingerprint density at radius 3 is 2.33 bits per heavy atom. The van der Waals surface area contributed by atoms with E-state index in [0.717, 1.165) is 56.1 Å². The van der Waals surface area contributed by atoms with Gasteiger partial charge in [0.2, 0.25) is 0 Å². The van der Waals surface area contributed by atoms with Crippen LogP contribution < -0.4 is 0 Å². The van der Waals surface area contributed by atoms with E-state index in [-0.39, 0.29) is 110 Å². The molecule has 0 aliphatic carbocycles. The zero-order valence-corrected chi connectivity index (χ0v) is 30.3. The largest absolute Gasteiger partial charge is 0.394 e. The van der Waals surface area contributed by atoms with Crippen LogP contribution in [0.2, 0.25) is 0 Å². The maximum atomic E-state index is 14.0. The molecule has 10 fully saturated rings.